The molecule has 1 aromatic heterocycles. The van der Waals surface area contributed by atoms with E-state index in [-0.39, 0.29) is 0 Å². The minimum atomic E-state index is -0.878. The van der Waals surface area contributed by atoms with Crippen LogP contribution in [0, 0.1) is 5.82 Å². The normalized spacial score (nSPS) is 12.5. The molecule has 5 heteroatoms. The molecule has 2 rings (SSSR count). The second kappa shape index (κ2) is 5.16. The molecule has 0 aliphatic heterocycles. The molecule has 0 fully saturated rings. The molecule has 0 aliphatic carbocycles. The molecule has 0 amide bonds. The van der Waals surface area contributed by atoms with Gasteiger partial charge in [-0.25, -0.2) is 4.39 Å². The summed E-state index contributed by atoms with van der Waals surface area (Å²) in [6.07, 6.45) is -0.878. The third kappa shape index (κ3) is 2.68. The van der Waals surface area contributed by atoms with E-state index in [9.17, 15) is 9.50 Å². The fourth-order valence-electron chi connectivity index (χ4n) is 1.54. The Hall–Kier alpha value is -0.910. The third-order valence-corrected chi connectivity index (χ3v) is 4.09. The van der Waals surface area contributed by atoms with Crippen LogP contribution >= 0.6 is 27.3 Å². The predicted molar refractivity (Wildman–Crippen MR) is 69.0 cm³/mol. The fourth-order valence-corrected chi connectivity index (χ4v) is 2.99. The molecule has 0 radical (unpaired) electrons. The van der Waals surface area contributed by atoms with Gasteiger partial charge in [-0.3, -0.25) is 0 Å². The van der Waals surface area contributed by atoms with Gasteiger partial charge >= 0.3 is 0 Å². The van der Waals surface area contributed by atoms with Gasteiger partial charge in [0.25, 0.3) is 0 Å². The summed E-state index contributed by atoms with van der Waals surface area (Å²) in [6, 6.07) is 5.91. The highest BCUT2D eigenvalue weighted by Crippen LogP contribution is 2.34. The number of benzene rings is 1. The maximum Gasteiger partial charge on any atom is 0.125 e. The van der Waals surface area contributed by atoms with Crippen molar-refractivity contribution in [3.05, 3.63) is 50.4 Å². The van der Waals surface area contributed by atoms with Crippen molar-refractivity contribution in [2.75, 3.05) is 7.11 Å². The molecule has 0 saturated heterocycles. The van der Waals surface area contributed by atoms with Gasteiger partial charge in [0.05, 0.1) is 7.11 Å². The second-order valence-electron chi connectivity index (χ2n) is 3.46. The van der Waals surface area contributed by atoms with Crippen LogP contribution in [0.15, 0.2) is 34.1 Å². The Morgan fingerprint density at radius 1 is 1.41 bits per heavy atom. The molecule has 1 N–H and O–H groups in total. The van der Waals surface area contributed by atoms with E-state index in [0.29, 0.717) is 11.3 Å². The molecule has 0 aliphatic rings. The van der Waals surface area contributed by atoms with Gasteiger partial charge in [0.2, 0.25) is 0 Å². The quantitative estimate of drug-likeness (QED) is 0.934. The summed E-state index contributed by atoms with van der Waals surface area (Å²) in [5.41, 5.74) is 0.432. The van der Waals surface area contributed by atoms with Crippen LogP contribution in [-0.4, -0.2) is 12.2 Å². The van der Waals surface area contributed by atoms with Gasteiger partial charge in [0.1, 0.15) is 17.7 Å². The molecule has 0 bridgehead atoms. The largest absolute Gasteiger partial charge is 0.496 e. The van der Waals surface area contributed by atoms with Crippen molar-refractivity contribution in [3.8, 4) is 5.75 Å². The van der Waals surface area contributed by atoms with Gasteiger partial charge in [-0.1, -0.05) is 0 Å². The lowest BCUT2D eigenvalue weighted by Gasteiger charge is -2.13. The Morgan fingerprint density at radius 2 is 2.18 bits per heavy atom. The van der Waals surface area contributed by atoms with E-state index in [1.54, 1.807) is 6.07 Å². The summed E-state index contributed by atoms with van der Waals surface area (Å²) < 4.78 is 19.2. The molecular weight excluding hydrogens is 307 g/mol. The minimum Gasteiger partial charge on any atom is -0.496 e. The van der Waals surface area contributed by atoms with Gasteiger partial charge in [-0.05, 0) is 40.2 Å². The van der Waals surface area contributed by atoms with Gasteiger partial charge in [0, 0.05) is 20.3 Å². The van der Waals surface area contributed by atoms with E-state index in [2.05, 4.69) is 15.9 Å². The number of thiophene rings is 1. The zero-order valence-corrected chi connectivity index (χ0v) is 11.4. The summed E-state index contributed by atoms with van der Waals surface area (Å²) in [4.78, 5) is 0.737. The number of hydrogen-bond donors (Lipinski definition) is 1. The van der Waals surface area contributed by atoms with Crippen LogP contribution in [0.4, 0.5) is 4.39 Å². The first kappa shape index (κ1) is 12.5. The molecule has 17 heavy (non-hydrogen) atoms. The van der Waals surface area contributed by atoms with Crippen molar-refractivity contribution in [1.82, 2.24) is 0 Å². The number of aliphatic hydroxyl groups is 1. The number of ether oxygens (including phenoxy) is 1. The van der Waals surface area contributed by atoms with E-state index in [0.717, 1.165) is 9.35 Å². The number of hydrogen-bond acceptors (Lipinski definition) is 3. The second-order valence-corrected chi connectivity index (χ2v) is 5.31. The average Bonchev–Trinajstić information content (AvgIpc) is 2.75. The van der Waals surface area contributed by atoms with E-state index >= 15 is 0 Å². The molecule has 0 saturated carbocycles. The van der Waals surface area contributed by atoms with Crippen LogP contribution in [0.5, 0.6) is 5.75 Å². The third-order valence-electron chi connectivity index (χ3n) is 2.34. The van der Waals surface area contributed by atoms with Gasteiger partial charge < -0.3 is 9.84 Å². The highest BCUT2D eigenvalue weighted by molar-refractivity contribution is 9.10. The maximum absolute atomic E-state index is 13.2. The molecule has 2 aromatic rings. The summed E-state index contributed by atoms with van der Waals surface area (Å²) >= 11 is 4.72. The number of halogens is 2. The molecule has 1 atom stereocenters. The van der Waals surface area contributed by atoms with Crippen molar-refractivity contribution >= 4 is 27.3 Å². The Morgan fingerprint density at radius 3 is 2.76 bits per heavy atom. The van der Waals surface area contributed by atoms with Gasteiger partial charge in [-0.15, -0.1) is 11.3 Å². The topological polar surface area (TPSA) is 29.5 Å². The molecule has 1 aromatic carbocycles. The lowest BCUT2D eigenvalue weighted by atomic mass is 10.1. The van der Waals surface area contributed by atoms with E-state index in [1.165, 1.54) is 36.6 Å². The summed E-state index contributed by atoms with van der Waals surface area (Å²) in [7, 11) is 1.49. The van der Waals surface area contributed by atoms with Crippen LogP contribution < -0.4 is 4.74 Å². The Balaban J connectivity index is 2.42. The SMILES string of the molecule is COc1ccc(F)cc1C(O)c1cc(Br)cs1. The summed E-state index contributed by atoms with van der Waals surface area (Å²) in [5, 5.41) is 12.0. The molecule has 90 valence electrons. The maximum atomic E-state index is 13.2. The van der Waals surface area contributed by atoms with Crippen LogP contribution in [0.1, 0.15) is 16.5 Å². The zero-order valence-electron chi connectivity index (χ0n) is 8.98. The van der Waals surface area contributed by atoms with E-state index < -0.39 is 11.9 Å². The monoisotopic (exact) mass is 316 g/mol. The predicted octanol–water partition coefficient (Wildman–Crippen LogP) is 3.74. The fraction of sp³-hybridized carbons (Fsp3) is 0.167. The molecule has 2 nitrogen and oxygen atoms in total. The van der Waals surface area contributed by atoms with Crippen molar-refractivity contribution in [1.29, 1.82) is 0 Å². The first-order valence-corrected chi connectivity index (χ1v) is 6.54. The first-order valence-electron chi connectivity index (χ1n) is 4.87. The summed E-state index contributed by atoms with van der Waals surface area (Å²) in [6.45, 7) is 0. The Kier molecular flexibility index (Phi) is 3.81. The Labute approximate surface area is 111 Å². The van der Waals surface area contributed by atoms with Crippen molar-refractivity contribution in [2.45, 2.75) is 6.10 Å². The Bertz CT molecular complexity index is 527. The lowest BCUT2D eigenvalue weighted by molar-refractivity contribution is 0.218. The van der Waals surface area contributed by atoms with Crippen molar-refractivity contribution < 1.29 is 14.2 Å². The number of aliphatic hydroxyl groups excluding tert-OH is 1. The van der Waals surface area contributed by atoms with Crippen molar-refractivity contribution in [2.24, 2.45) is 0 Å². The molecule has 0 spiro atoms. The molecular formula is C12H10BrFO2S. The van der Waals surface area contributed by atoms with Gasteiger partial charge in [0.15, 0.2) is 0 Å². The first-order chi connectivity index (χ1) is 8.11. The standard InChI is InChI=1S/C12H10BrFO2S/c1-16-10-3-2-8(14)5-9(10)12(15)11-4-7(13)6-17-11/h2-6,12,15H,1H3. The van der Waals surface area contributed by atoms with Crippen LogP contribution in [0.3, 0.4) is 0 Å². The number of rotatable bonds is 3. The lowest BCUT2D eigenvalue weighted by Crippen LogP contribution is -2.01. The average molecular weight is 317 g/mol. The molecule has 1 heterocycles. The zero-order chi connectivity index (χ0) is 12.4. The minimum absolute atomic E-state index is 0.393. The smallest absolute Gasteiger partial charge is 0.125 e. The van der Waals surface area contributed by atoms with E-state index in [1.807, 2.05) is 5.38 Å². The molecule has 1 unspecified atom stereocenters. The highest BCUT2D eigenvalue weighted by atomic mass is 79.9. The highest BCUT2D eigenvalue weighted by Gasteiger charge is 2.17. The van der Waals surface area contributed by atoms with Crippen molar-refractivity contribution in [3.63, 3.8) is 0 Å². The van der Waals surface area contributed by atoms with Crippen LogP contribution in [0.2, 0.25) is 0 Å². The summed E-state index contributed by atoms with van der Waals surface area (Å²) in [5.74, 6) is 0.0823. The van der Waals surface area contributed by atoms with Gasteiger partial charge in [-0.2, -0.15) is 0 Å². The van der Waals surface area contributed by atoms with Crippen LogP contribution in [0.25, 0.3) is 0 Å². The number of methoxy groups -OCH3 is 1. The van der Waals surface area contributed by atoms with Crippen LogP contribution in [-0.2, 0) is 0 Å². The van der Waals surface area contributed by atoms with E-state index in [4.69, 9.17) is 4.74 Å².